The van der Waals surface area contributed by atoms with E-state index in [4.69, 9.17) is 4.74 Å². The topological polar surface area (TPSA) is 48.3 Å². The molecule has 1 aromatic heterocycles. The van der Waals surface area contributed by atoms with Crippen molar-refractivity contribution < 1.29 is 9.53 Å². The van der Waals surface area contributed by atoms with Gasteiger partial charge < -0.3 is 9.30 Å². The Morgan fingerprint density at radius 3 is 2.69 bits per heavy atom. The lowest BCUT2D eigenvalue weighted by atomic mass is 10.3. The van der Waals surface area contributed by atoms with Crippen molar-refractivity contribution in [1.29, 1.82) is 0 Å². The average Bonchev–Trinajstić information content (AvgIpc) is 2.28. The van der Waals surface area contributed by atoms with Gasteiger partial charge in [0.2, 0.25) is 0 Å². The summed E-state index contributed by atoms with van der Waals surface area (Å²) in [6, 6.07) is 4.20. The van der Waals surface area contributed by atoms with E-state index >= 15 is 0 Å². The highest BCUT2D eigenvalue weighted by Crippen LogP contribution is 2.07. The summed E-state index contributed by atoms with van der Waals surface area (Å²) in [5.74, 6) is -0.373. The molecule has 0 fully saturated rings. The fourth-order valence-corrected chi connectivity index (χ4v) is 1.25. The number of ether oxygens (including phenoxy) is 1. The Hall–Kier alpha value is -1.58. The quantitative estimate of drug-likeness (QED) is 0.731. The number of esters is 1. The number of rotatable bonds is 4. The van der Waals surface area contributed by atoms with Gasteiger partial charge in [0.05, 0.1) is 6.10 Å². The van der Waals surface area contributed by atoms with Gasteiger partial charge in [-0.15, -0.1) is 0 Å². The molecule has 0 aliphatic heterocycles. The first-order valence-corrected chi connectivity index (χ1v) is 5.44. The van der Waals surface area contributed by atoms with Crippen LogP contribution in [0.1, 0.15) is 33.2 Å². The number of hydrogen-bond acceptors (Lipinski definition) is 3. The lowest BCUT2D eigenvalue weighted by Crippen LogP contribution is -2.29. The molecule has 0 aliphatic carbocycles. The minimum Gasteiger partial charge on any atom is -0.461 e. The van der Waals surface area contributed by atoms with Gasteiger partial charge in [0, 0.05) is 12.3 Å². The maximum absolute atomic E-state index is 11.7. The summed E-state index contributed by atoms with van der Waals surface area (Å²) >= 11 is 0. The maximum Gasteiger partial charge on any atom is 0.329 e. The molecule has 4 nitrogen and oxygen atoms in total. The Balaban J connectivity index is 2.79. The zero-order valence-electron chi connectivity index (χ0n) is 9.84. The van der Waals surface area contributed by atoms with Crippen LogP contribution in [-0.2, 0) is 9.53 Å². The largest absolute Gasteiger partial charge is 0.461 e. The highest BCUT2D eigenvalue weighted by Gasteiger charge is 2.18. The van der Waals surface area contributed by atoms with E-state index in [-0.39, 0.29) is 17.6 Å². The lowest BCUT2D eigenvalue weighted by Gasteiger charge is -2.17. The molecule has 0 aromatic carbocycles. The minimum absolute atomic E-state index is 0.116. The fourth-order valence-electron chi connectivity index (χ4n) is 1.25. The van der Waals surface area contributed by atoms with Crippen LogP contribution in [-0.4, -0.2) is 16.6 Å². The van der Waals surface area contributed by atoms with Crippen LogP contribution in [0.2, 0.25) is 0 Å². The van der Waals surface area contributed by atoms with Crippen molar-refractivity contribution in [3.05, 3.63) is 34.7 Å². The van der Waals surface area contributed by atoms with Gasteiger partial charge in [-0.05, 0) is 26.3 Å². The summed E-state index contributed by atoms with van der Waals surface area (Å²) in [4.78, 5) is 23.2. The molecule has 4 heteroatoms. The zero-order valence-corrected chi connectivity index (χ0v) is 9.84. The summed E-state index contributed by atoms with van der Waals surface area (Å²) in [6.45, 7) is 5.43. The van der Waals surface area contributed by atoms with Gasteiger partial charge in [0.1, 0.15) is 6.04 Å². The molecule has 0 bridgehead atoms. The lowest BCUT2D eigenvalue weighted by molar-refractivity contribution is -0.152. The van der Waals surface area contributed by atoms with E-state index in [2.05, 4.69) is 0 Å². The Morgan fingerprint density at radius 1 is 1.44 bits per heavy atom. The van der Waals surface area contributed by atoms with Crippen molar-refractivity contribution in [3.8, 4) is 0 Å². The molecule has 2 atom stereocenters. The van der Waals surface area contributed by atoms with Crippen LogP contribution in [0.25, 0.3) is 0 Å². The van der Waals surface area contributed by atoms with Crippen molar-refractivity contribution >= 4 is 5.97 Å². The fraction of sp³-hybridized carbons (Fsp3) is 0.500. The molecule has 0 radical (unpaired) electrons. The molecule has 0 saturated carbocycles. The van der Waals surface area contributed by atoms with E-state index in [9.17, 15) is 9.59 Å². The standard InChI is InChI=1S/C12H17NO3/c1-4-9(2)16-12(15)10(3)13-8-6-5-7-11(13)14/h5-10H,4H2,1-3H3. The third-order valence-electron chi connectivity index (χ3n) is 2.50. The predicted molar refractivity (Wildman–Crippen MR) is 61.3 cm³/mol. The van der Waals surface area contributed by atoms with Gasteiger partial charge >= 0.3 is 5.97 Å². The highest BCUT2D eigenvalue weighted by atomic mass is 16.5. The molecule has 0 amide bonds. The van der Waals surface area contributed by atoms with Crippen molar-refractivity contribution in [2.24, 2.45) is 0 Å². The van der Waals surface area contributed by atoms with Crippen LogP contribution in [0.3, 0.4) is 0 Å². The van der Waals surface area contributed by atoms with Crippen molar-refractivity contribution in [2.75, 3.05) is 0 Å². The molecule has 1 rings (SSSR count). The molecular weight excluding hydrogens is 206 g/mol. The van der Waals surface area contributed by atoms with E-state index < -0.39 is 6.04 Å². The summed E-state index contributed by atoms with van der Waals surface area (Å²) < 4.78 is 6.54. The molecular formula is C12H17NO3. The van der Waals surface area contributed by atoms with E-state index in [1.165, 1.54) is 10.6 Å². The summed E-state index contributed by atoms with van der Waals surface area (Å²) in [5, 5.41) is 0. The Kier molecular flexibility index (Phi) is 4.28. The average molecular weight is 223 g/mol. The van der Waals surface area contributed by atoms with E-state index in [0.29, 0.717) is 0 Å². The number of hydrogen-bond donors (Lipinski definition) is 0. The maximum atomic E-state index is 11.7. The predicted octanol–water partition coefficient (Wildman–Crippen LogP) is 1.75. The molecule has 1 aromatic rings. The second-order valence-electron chi connectivity index (χ2n) is 3.78. The number of carbonyl (C=O) groups excluding carboxylic acids is 1. The molecule has 0 aliphatic rings. The summed E-state index contributed by atoms with van der Waals surface area (Å²) in [7, 11) is 0. The molecule has 0 spiro atoms. The first-order valence-electron chi connectivity index (χ1n) is 5.44. The molecule has 2 unspecified atom stereocenters. The van der Waals surface area contributed by atoms with Gasteiger partial charge in [0.25, 0.3) is 5.56 Å². The number of carbonyl (C=O) groups is 1. The van der Waals surface area contributed by atoms with Crippen LogP contribution in [0.4, 0.5) is 0 Å². The van der Waals surface area contributed by atoms with Crippen LogP contribution in [0.15, 0.2) is 29.2 Å². The normalized spacial score (nSPS) is 14.2. The Labute approximate surface area is 94.9 Å². The van der Waals surface area contributed by atoms with Gasteiger partial charge in [-0.3, -0.25) is 4.79 Å². The van der Waals surface area contributed by atoms with Crippen LogP contribution < -0.4 is 5.56 Å². The first-order chi connectivity index (χ1) is 7.56. The van der Waals surface area contributed by atoms with Gasteiger partial charge in [0.15, 0.2) is 0 Å². The summed E-state index contributed by atoms with van der Waals surface area (Å²) in [6.07, 6.45) is 2.24. The van der Waals surface area contributed by atoms with Gasteiger partial charge in [-0.2, -0.15) is 0 Å². The van der Waals surface area contributed by atoms with Crippen LogP contribution in [0, 0.1) is 0 Å². The Bertz CT molecular complexity index is 411. The molecule has 16 heavy (non-hydrogen) atoms. The molecule has 0 N–H and O–H groups in total. The Morgan fingerprint density at radius 2 is 2.12 bits per heavy atom. The van der Waals surface area contributed by atoms with Crippen LogP contribution >= 0.6 is 0 Å². The molecule has 88 valence electrons. The number of nitrogens with zero attached hydrogens (tertiary/aromatic N) is 1. The van der Waals surface area contributed by atoms with E-state index in [1.54, 1.807) is 25.3 Å². The minimum atomic E-state index is -0.581. The van der Waals surface area contributed by atoms with Crippen molar-refractivity contribution in [3.63, 3.8) is 0 Å². The van der Waals surface area contributed by atoms with Gasteiger partial charge in [-0.25, -0.2) is 4.79 Å². The van der Waals surface area contributed by atoms with E-state index in [1.807, 2.05) is 13.8 Å². The third-order valence-corrected chi connectivity index (χ3v) is 2.50. The van der Waals surface area contributed by atoms with Crippen molar-refractivity contribution in [2.45, 2.75) is 39.3 Å². The number of aromatic nitrogens is 1. The van der Waals surface area contributed by atoms with Gasteiger partial charge in [-0.1, -0.05) is 13.0 Å². The highest BCUT2D eigenvalue weighted by molar-refractivity contribution is 5.73. The SMILES string of the molecule is CCC(C)OC(=O)C(C)n1ccccc1=O. The first kappa shape index (κ1) is 12.5. The molecule has 1 heterocycles. The second-order valence-corrected chi connectivity index (χ2v) is 3.78. The second kappa shape index (κ2) is 5.49. The van der Waals surface area contributed by atoms with Crippen molar-refractivity contribution in [1.82, 2.24) is 4.57 Å². The number of pyridine rings is 1. The molecule has 0 saturated heterocycles. The smallest absolute Gasteiger partial charge is 0.329 e. The monoisotopic (exact) mass is 223 g/mol. The summed E-state index contributed by atoms with van der Waals surface area (Å²) in [5.41, 5.74) is -0.198. The van der Waals surface area contributed by atoms with Crippen LogP contribution in [0.5, 0.6) is 0 Å². The third kappa shape index (κ3) is 2.95. The van der Waals surface area contributed by atoms with E-state index in [0.717, 1.165) is 6.42 Å². The zero-order chi connectivity index (χ0) is 12.1.